The first-order valence-corrected chi connectivity index (χ1v) is 11.9. The SMILES string of the molecule is CC(=O)OC(=O)CC(NC(=O)CNC(=O)c1csc(NC(=O)NCc2ccccc2)n1)c1cccnc1. The van der Waals surface area contributed by atoms with E-state index in [-0.39, 0.29) is 17.2 Å². The highest BCUT2D eigenvalue weighted by atomic mass is 32.1. The Labute approximate surface area is 215 Å². The van der Waals surface area contributed by atoms with Gasteiger partial charge < -0.3 is 20.7 Å². The van der Waals surface area contributed by atoms with Crippen molar-refractivity contribution in [2.75, 3.05) is 11.9 Å². The molecule has 37 heavy (non-hydrogen) atoms. The summed E-state index contributed by atoms with van der Waals surface area (Å²) >= 11 is 1.05. The van der Waals surface area contributed by atoms with Crippen LogP contribution in [0.5, 0.6) is 0 Å². The summed E-state index contributed by atoms with van der Waals surface area (Å²) in [6.45, 7) is 1.02. The second kappa shape index (κ2) is 13.4. The molecule has 0 aliphatic rings. The Hall–Kier alpha value is -4.65. The summed E-state index contributed by atoms with van der Waals surface area (Å²) in [4.78, 5) is 67.9. The number of hydrogen-bond donors (Lipinski definition) is 4. The van der Waals surface area contributed by atoms with Gasteiger partial charge in [-0.05, 0) is 17.2 Å². The van der Waals surface area contributed by atoms with Gasteiger partial charge in [-0.25, -0.2) is 9.78 Å². The van der Waals surface area contributed by atoms with Gasteiger partial charge in [0.15, 0.2) is 5.13 Å². The van der Waals surface area contributed by atoms with Crippen LogP contribution in [-0.4, -0.2) is 46.3 Å². The summed E-state index contributed by atoms with van der Waals surface area (Å²) in [6.07, 6.45) is 2.68. The Morgan fingerprint density at radius 3 is 2.51 bits per heavy atom. The molecule has 1 unspecified atom stereocenters. The van der Waals surface area contributed by atoms with E-state index in [1.165, 1.54) is 17.8 Å². The van der Waals surface area contributed by atoms with E-state index >= 15 is 0 Å². The molecule has 0 radical (unpaired) electrons. The number of amides is 4. The Morgan fingerprint density at radius 1 is 1.03 bits per heavy atom. The molecule has 4 N–H and O–H groups in total. The topological polar surface area (TPSA) is 168 Å². The zero-order valence-corrected chi connectivity index (χ0v) is 20.5. The Bertz CT molecular complexity index is 1250. The molecule has 0 spiro atoms. The molecule has 192 valence electrons. The third-order valence-electron chi connectivity index (χ3n) is 4.71. The number of rotatable bonds is 10. The molecule has 1 aromatic carbocycles. The summed E-state index contributed by atoms with van der Waals surface area (Å²) in [6, 6.07) is 11.3. The van der Waals surface area contributed by atoms with Gasteiger partial charge in [-0.1, -0.05) is 36.4 Å². The van der Waals surface area contributed by atoms with E-state index in [1.807, 2.05) is 30.3 Å². The summed E-state index contributed by atoms with van der Waals surface area (Å²) in [5.41, 5.74) is 1.46. The van der Waals surface area contributed by atoms with Crippen LogP contribution in [0.3, 0.4) is 0 Å². The second-order valence-corrected chi connectivity index (χ2v) is 8.45. The first-order chi connectivity index (χ1) is 17.8. The number of nitrogens with one attached hydrogen (secondary N) is 4. The lowest BCUT2D eigenvalue weighted by atomic mass is 10.1. The monoisotopic (exact) mass is 524 g/mol. The van der Waals surface area contributed by atoms with Gasteiger partial charge >= 0.3 is 18.0 Å². The van der Waals surface area contributed by atoms with E-state index in [2.05, 4.69) is 36.0 Å². The Morgan fingerprint density at radius 2 is 1.81 bits per heavy atom. The molecule has 0 bridgehead atoms. The van der Waals surface area contributed by atoms with Crippen LogP contribution in [0.25, 0.3) is 0 Å². The van der Waals surface area contributed by atoms with E-state index in [1.54, 1.807) is 12.1 Å². The molecule has 12 nitrogen and oxygen atoms in total. The lowest BCUT2D eigenvalue weighted by Gasteiger charge is -2.18. The maximum atomic E-state index is 12.5. The average molecular weight is 525 g/mol. The molecule has 1 atom stereocenters. The van der Waals surface area contributed by atoms with E-state index in [4.69, 9.17) is 0 Å². The van der Waals surface area contributed by atoms with E-state index in [9.17, 15) is 24.0 Å². The minimum atomic E-state index is -0.825. The molecule has 0 aliphatic heterocycles. The number of thiazole rings is 1. The minimum absolute atomic E-state index is 0.0185. The lowest BCUT2D eigenvalue weighted by molar-refractivity contribution is -0.158. The van der Waals surface area contributed by atoms with Crippen molar-refractivity contribution < 1.29 is 28.7 Å². The van der Waals surface area contributed by atoms with Gasteiger partial charge in [-0.15, -0.1) is 11.3 Å². The third kappa shape index (κ3) is 9.14. The van der Waals surface area contributed by atoms with Crippen LogP contribution in [-0.2, 0) is 25.7 Å². The van der Waals surface area contributed by atoms with Crippen molar-refractivity contribution in [2.45, 2.75) is 25.9 Å². The number of anilines is 1. The largest absolute Gasteiger partial charge is 0.393 e. The van der Waals surface area contributed by atoms with Crippen molar-refractivity contribution in [3.63, 3.8) is 0 Å². The first kappa shape index (κ1) is 26.9. The lowest BCUT2D eigenvalue weighted by Crippen LogP contribution is -2.39. The number of carbonyl (C=O) groups excluding carboxylic acids is 5. The molecule has 3 rings (SSSR count). The predicted octanol–water partition coefficient (Wildman–Crippen LogP) is 1.93. The van der Waals surface area contributed by atoms with Crippen LogP contribution < -0.4 is 21.3 Å². The Kier molecular flexibility index (Phi) is 9.79. The number of pyridine rings is 1. The van der Waals surface area contributed by atoms with Crippen molar-refractivity contribution in [3.8, 4) is 0 Å². The van der Waals surface area contributed by atoms with Crippen LogP contribution in [0.2, 0.25) is 0 Å². The van der Waals surface area contributed by atoms with Gasteiger partial charge in [-0.3, -0.25) is 29.5 Å². The van der Waals surface area contributed by atoms with E-state index < -0.39 is 42.4 Å². The number of hydrogen-bond acceptors (Lipinski definition) is 9. The van der Waals surface area contributed by atoms with Crippen molar-refractivity contribution in [1.29, 1.82) is 0 Å². The molecule has 2 aromatic heterocycles. The maximum absolute atomic E-state index is 12.5. The first-order valence-electron chi connectivity index (χ1n) is 11.0. The number of aromatic nitrogens is 2. The van der Waals surface area contributed by atoms with Gasteiger partial charge in [0.2, 0.25) is 5.91 Å². The number of urea groups is 1. The molecule has 2 heterocycles. The van der Waals surface area contributed by atoms with Crippen molar-refractivity contribution in [3.05, 3.63) is 77.1 Å². The highest BCUT2D eigenvalue weighted by molar-refractivity contribution is 7.14. The van der Waals surface area contributed by atoms with Crippen LogP contribution in [0.15, 0.2) is 60.2 Å². The normalized spacial score (nSPS) is 11.1. The fraction of sp³-hybridized carbons (Fsp3) is 0.208. The molecule has 4 amide bonds. The van der Waals surface area contributed by atoms with Gasteiger partial charge in [0.05, 0.1) is 19.0 Å². The maximum Gasteiger partial charge on any atom is 0.321 e. The number of carbonyl (C=O) groups is 5. The smallest absolute Gasteiger partial charge is 0.321 e. The van der Waals surface area contributed by atoms with Crippen LogP contribution in [0.1, 0.15) is 41.0 Å². The van der Waals surface area contributed by atoms with Gasteiger partial charge in [0.25, 0.3) is 5.91 Å². The zero-order valence-electron chi connectivity index (χ0n) is 19.7. The average Bonchev–Trinajstić information content (AvgIpc) is 3.35. The van der Waals surface area contributed by atoms with Crippen LogP contribution in [0, 0.1) is 0 Å². The number of benzene rings is 1. The fourth-order valence-electron chi connectivity index (χ4n) is 3.05. The summed E-state index contributed by atoms with van der Waals surface area (Å²) in [5.74, 6) is -2.80. The summed E-state index contributed by atoms with van der Waals surface area (Å²) in [5, 5.41) is 11.9. The van der Waals surface area contributed by atoms with Gasteiger partial charge in [0, 0.05) is 31.2 Å². The zero-order chi connectivity index (χ0) is 26.6. The third-order valence-corrected chi connectivity index (χ3v) is 5.47. The number of ether oxygens (including phenoxy) is 1. The highest BCUT2D eigenvalue weighted by Crippen LogP contribution is 2.17. The number of nitrogens with zero attached hydrogens (tertiary/aromatic N) is 2. The fourth-order valence-corrected chi connectivity index (χ4v) is 3.74. The highest BCUT2D eigenvalue weighted by Gasteiger charge is 2.21. The van der Waals surface area contributed by atoms with Crippen LogP contribution >= 0.6 is 11.3 Å². The predicted molar refractivity (Wildman–Crippen MR) is 133 cm³/mol. The molecule has 13 heteroatoms. The van der Waals surface area contributed by atoms with Crippen LogP contribution in [0.4, 0.5) is 9.93 Å². The summed E-state index contributed by atoms with van der Waals surface area (Å²) in [7, 11) is 0. The van der Waals surface area contributed by atoms with Crippen molar-refractivity contribution in [2.24, 2.45) is 0 Å². The Balaban J connectivity index is 1.49. The molecule has 3 aromatic rings. The minimum Gasteiger partial charge on any atom is -0.393 e. The molecular weight excluding hydrogens is 500 g/mol. The molecule has 0 saturated heterocycles. The van der Waals surface area contributed by atoms with Crippen molar-refractivity contribution >= 4 is 46.3 Å². The van der Waals surface area contributed by atoms with Gasteiger partial charge in [-0.2, -0.15) is 0 Å². The molecule has 0 fully saturated rings. The molecule has 0 saturated carbocycles. The molecule has 0 aliphatic carbocycles. The van der Waals surface area contributed by atoms with Crippen molar-refractivity contribution in [1.82, 2.24) is 25.9 Å². The number of esters is 2. The summed E-state index contributed by atoms with van der Waals surface area (Å²) < 4.78 is 4.55. The standard InChI is InChI=1S/C24H24N6O6S/c1-15(31)36-21(33)10-18(17-8-5-9-25-12-17)28-20(32)13-26-22(34)19-14-37-24(29-19)30-23(35)27-11-16-6-3-2-4-7-16/h2-9,12,14,18H,10-11,13H2,1H3,(H,26,34)(H,28,32)(H2,27,29,30,35). The second-order valence-electron chi connectivity index (χ2n) is 7.59. The van der Waals surface area contributed by atoms with E-state index in [0.29, 0.717) is 12.1 Å². The van der Waals surface area contributed by atoms with E-state index in [0.717, 1.165) is 23.8 Å². The molecular formula is C24H24N6O6S. The van der Waals surface area contributed by atoms with Gasteiger partial charge in [0.1, 0.15) is 5.69 Å². The quantitative estimate of drug-likeness (QED) is 0.230.